The molecule has 0 aliphatic rings. The van der Waals surface area contributed by atoms with Crippen LogP contribution in [0.2, 0.25) is 0 Å². The number of ether oxygens (including phenoxy) is 1. The second-order valence-corrected chi connectivity index (χ2v) is 5.98. The maximum atomic E-state index is 13.6. The first-order chi connectivity index (χ1) is 12.6. The minimum Gasteiger partial charge on any atom is -0.496 e. The van der Waals surface area contributed by atoms with Gasteiger partial charge in [-0.1, -0.05) is 24.3 Å². The Morgan fingerprint density at radius 3 is 2.50 bits per heavy atom. The smallest absolute Gasteiger partial charge is 0.289 e. The Bertz CT molecular complexity index is 958. The zero-order valence-electron chi connectivity index (χ0n) is 13.7. The van der Waals surface area contributed by atoms with Gasteiger partial charge in [0.15, 0.2) is 0 Å². The number of hydrazine groups is 1. The van der Waals surface area contributed by atoms with Crippen molar-refractivity contribution in [2.45, 2.75) is 0 Å². The van der Waals surface area contributed by atoms with Crippen LogP contribution in [-0.4, -0.2) is 23.9 Å². The Labute approximate surface area is 152 Å². The number of thiazole rings is 1. The molecule has 6 nitrogen and oxygen atoms in total. The van der Waals surface area contributed by atoms with Gasteiger partial charge in [-0.3, -0.25) is 20.4 Å². The number of hydrogen-bond donors (Lipinski definition) is 2. The summed E-state index contributed by atoms with van der Waals surface area (Å²) in [6, 6.07) is 12.8. The number of benzene rings is 2. The Balaban J connectivity index is 1.69. The first-order valence-corrected chi connectivity index (χ1v) is 8.42. The Morgan fingerprint density at radius 1 is 1.04 bits per heavy atom. The topological polar surface area (TPSA) is 80.3 Å². The number of carbonyl (C=O) groups excluding carboxylic acids is 2. The van der Waals surface area contributed by atoms with E-state index >= 15 is 0 Å². The fourth-order valence-electron chi connectivity index (χ4n) is 2.21. The number of carbonyl (C=O) groups is 2. The molecule has 2 N–H and O–H groups in total. The Morgan fingerprint density at radius 2 is 1.73 bits per heavy atom. The number of methoxy groups -OCH3 is 1. The summed E-state index contributed by atoms with van der Waals surface area (Å²) in [6.07, 6.45) is 0. The van der Waals surface area contributed by atoms with Gasteiger partial charge >= 0.3 is 0 Å². The average Bonchev–Trinajstić information content (AvgIpc) is 3.16. The lowest BCUT2D eigenvalue weighted by Crippen LogP contribution is -2.42. The van der Waals surface area contributed by atoms with Crippen molar-refractivity contribution in [3.05, 3.63) is 71.0 Å². The molecule has 0 aliphatic heterocycles. The number of aromatic nitrogens is 1. The predicted octanol–water partition coefficient (Wildman–Crippen LogP) is 3.03. The molecule has 0 aliphatic carbocycles. The molecule has 0 bridgehead atoms. The van der Waals surface area contributed by atoms with Gasteiger partial charge in [-0.25, -0.2) is 9.37 Å². The van der Waals surface area contributed by atoms with Gasteiger partial charge in [-0.15, -0.1) is 11.3 Å². The highest BCUT2D eigenvalue weighted by Gasteiger charge is 2.16. The molecule has 26 heavy (non-hydrogen) atoms. The van der Waals surface area contributed by atoms with Gasteiger partial charge < -0.3 is 4.74 Å². The zero-order valence-corrected chi connectivity index (χ0v) is 14.5. The molecular formula is C18H14FN3O3S. The minimum atomic E-state index is -0.753. The predicted molar refractivity (Wildman–Crippen MR) is 95.4 cm³/mol. The average molecular weight is 371 g/mol. The number of hydrogen-bond acceptors (Lipinski definition) is 5. The number of para-hydroxylation sites is 1. The van der Waals surface area contributed by atoms with Gasteiger partial charge in [0, 0.05) is 5.38 Å². The summed E-state index contributed by atoms with van der Waals surface area (Å²) in [5.74, 6) is -1.39. The molecule has 1 heterocycles. The van der Waals surface area contributed by atoms with Gasteiger partial charge in [0.2, 0.25) is 0 Å². The molecule has 0 radical (unpaired) electrons. The van der Waals surface area contributed by atoms with E-state index in [2.05, 4.69) is 15.8 Å². The van der Waals surface area contributed by atoms with E-state index in [1.54, 1.807) is 18.6 Å². The van der Waals surface area contributed by atoms with Crippen LogP contribution < -0.4 is 15.6 Å². The monoisotopic (exact) mass is 371 g/mol. The standard InChI is InChI=1S/C18H14FN3O3S/c1-25-15-9-5-3-7-12(15)18-20-14(10-26-18)17(24)22-21-16(23)11-6-2-4-8-13(11)19/h2-10H,1H3,(H,21,23)(H,22,24). The lowest BCUT2D eigenvalue weighted by molar-refractivity contribution is 0.0842. The zero-order chi connectivity index (χ0) is 18.5. The van der Waals surface area contributed by atoms with Crippen LogP contribution in [0.1, 0.15) is 20.8 Å². The Kier molecular flexibility index (Phi) is 5.23. The van der Waals surface area contributed by atoms with Crippen LogP contribution >= 0.6 is 11.3 Å². The van der Waals surface area contributed by atoms with Crippen LogP contribution in [0, 0.1) is 5.82 Å². The third kappa shape index (κ3) is 3.70. The summed E-state index contributed by atoms with van der Waals surface area (Å²) in [6.45, 7) is 0. The summed E-state index contributed by atoms with van der Waals surface area (Å²) in [5.41, 5.74) is 5.12. The van der Waals surface area contributed by atoms with E-state index in [9.17, 15) is 14.0 Å². The highest BCUT2D eigenvalue weighted by Crippen LogP contribution is 2.31. The molecule has 0 unspecified atom stereocenters. The van der Waals surface area contributed by atoms with Crippen molar-refractivity contribution in [2.24, 2.45) is 0 Å². The lowest BCUT2D eigenvalue weighted by atomic mass is 10.2. The number of nitrogens with one attached hydrogen (secondary N) is 2. The van der Waals surface area contributed by atoms with E-state index in [1.807, 2.05) is 18.2 Å². The van der Waals surface area contributed by atoms with E-state index in [4.69, 9.17) is 4.74 Å². The highest BCUT2D eigenvalue weighted by atomic mass is 32.1. The SMILES string of the molecule is COc1ccccc1-c1nc(C(=O)NNC(=O)c2ccccc2F)cs1. The van der Waals surface area contributed by atoms with Gasteiger partial charge in [0.25, 0.3) is 11.8 Å². The number of halogens is 1. The molecule has 3 rings (SSSR count). The molecule has 2 amide bonds. The summed E-state index contributed by atoms with van der Waals surface area (Å²) in [5, 5.41) is 2.17. The van der Waals surface area contributed by atoms with Crippen molar-refractivity contribution in [2.75, 3.05) is 7.11 Å². The quantitative estimate of drug-likeness (QED) is 0.691. The molecular weight excluding hydrogens is 357 g/mol. The third-order valence-corrected chi connectivity index (χ3v) is 4.36. The summed E-state index contributed by atoms with van der Waals surface area (Å²) in [7, 11) is 1.55. The van der Waals surface area contributed by atoms with Crippen LogP contribution in [0.4, 0.5) is 4.39 Å². The van der Waals surface area contributed by atoms with Crippen molar-refractivity contribution >= 4 is 23.2 Å². The summed E-state index contributed by atoms with van der Waals surface area (Å²) in [4.78, 5) is 28.3. The summed E-state index contributed by atoms with van der Waals surface area (Å²) < 4.78 is 18.8. The fraction of sp³-hybridized carbons (Fsp3) is 0.0556. The van der Waals surface area contributed by atoms with E-state index in [1.165, 1.54) is 29.5 Å². The molecule has 0 saturated heterocycles. The molecule has 0 atom stereocenters. The Hall–Kier alpha value is -3.26. The van der Waals surface area contributed by atoms with E-state index in [0.717, 1.165) is 11.6 Å². The van der Waals surface area contributed by atoms with Crippen molar-refractivity contribution in [3.8, 4) is 16.3 Å². The van der Waals surface area contributed by atoms with Gasteiger partial charge in [0.1, 0.15) is 22.3 Å². The second-order valence-electron chi connectivity index (χ2n) is 5.13. The highest BCUT2D eigenvalue weighted by molar-refractivity contribution is 7.13. The number of rotatable bonds is 4. The van der Waals surface area contributed by atoms with Crippen LogP contribution in [0.5, 0.6) is 5.75 Å². The van der Waals surface area contributed by atoms with Crippen LogP contribution in [0.25, 0.3) is 10.6 Å². The first kappa shape index (κ1) is 17.6. The largest absolute Gasteiger partial charge is 0.496 e. The molecule has 2 aromatic carbocycles. The molecule has 3 aromatic rings. The van der Waals surface area contributed by atoms with Crippen molar-refractivity contribution in [1.29, 1.82) is 0 Å². The molecule has 0 spiro atoms. The van der Waals surface area contributed by atoms with Crippen LogP contribution in [-0.2, 0) is 0 Å². The van der Waals surface area contributed by atoms with E-state index < -0.39 is 17.6 Å². The minimum absolute atomic E-state index is 0.129. The maximum Gasteiger partial charge on any atom is 0.289 e. The van der Waals surface area contributed by atoms with E-state index in [0.29, 0.717) is 10.8 Å². The first-order valence-electron chi connectivity index (χ1n) is 7.54. The van der Waals surface area contributed by atoms with Crippen molar-refractivity contribution in [1.82, 2.24) is 15.8 Å². The van der Waals surface area contributed by atoms with Gasteiger partial charge in [-0.2, -0.15) is 0 Å². The molecule has 8 heteroatoms. The molecule has 132 valence electrons. The van der Waals surface area contributed by atoms with Crippen LogP contribution in [0.15, 0.2) is 53.9 Å². The molecule has 0 saturated carbocycles. The number of nitrogens with zero attached hydrogens (tertiary/aromatic N) is 1. The van der Waals surface area contributed by atoms with Gasteiger partial charge in [-0.05, 0) is 24.3 Å². The maximum absolute atomic E-state index is 13.6. The fourth-order valence-corrected chi connectivity index (χ4v) is 3.04. The van der Waals surface area contributed by atoms with Gasteiger partial charge in [0.05, 0.1) is 18.2 Å². The third-order valence-electron chi connectivity index (χ3n) is 3.48. The lowest BCUT2D eigenvalue weighted by Gasteiger charge is -2.06. The number of amides is 2. The second kappa shape index (κ2) is 7.75. The van der Waals surface area contributed by atoms with Crippen molar-refractivity contribution in [3.63, 3.8) is 0 Å². The van der Waals surface area contributed by atoms with Crippen LogP contribution in [0.3, 0.4) is 0 Å². The molecule has 1 aromatic heterocycles. The normalized spacial score (nSPS) is 10.2. The van der Waals surface area contributed by atoms with E-state index in [-0.39, 0.29) is 11.3 Å². The molecule has 0 fully saturated rings. The van der Waals surface area contributed by atoms with Crippen molar-refractivity contribution < 1.29 is 18.7 Å². The summed E-state index contributed by atoms with van der Waals surface area (Å²) >= 11 is 1.27.